The fourth-order valence-corrected chi connectivity index (χ4v) is 2.76. The summed E-state index contributed by atoms with van der Waals surface area (Å²) in [5.41, 5.74) is 2.57. The van der Waals surface area contributed by atoms with Gasteiger partial charge in [-0.15, -0.1) is 0 Å². The second kappa shape index (κ2) is 7.49. The predicted octanol–water partition coefficient (Wildman–Crippen LogP) is 3.13. The Kier molecular flexibility index (Phi) is 5.64. The molecule has 0 aliphatic carbocycles. The highest BCUT2D eigenvalue weighted by atomic mass is 15.2. The van der Waals surface area contributed by atoms with Crippen molar-refractivity contribution >= 4 is 5.82 Å². The summed E-state index contributed by atoms with van der Waals surface area (Å²) in [6.07, 6.45) is 7.76. The molecular formula is C16H27N3. The van der Waals surface area contributed by atoms with E-state index in [0.29, 0.717) is 0 Å². The summed E-state index contributed by atoms with van der Waals surface area (Å²) in [5, 5.41) is 3.24. The molecule has 1 fully saturated rings. The maximum Gasteiger partial charge on any atom is 0.129 e. The Labute approximate surface area is 117 Å². The van der Waals surface area contributed by atoms with Crippen LogP contribution in [0.1, 0.15) is 50.3 Å². The smallest absolute Gasteiger partial charge is 0.129 e. The Bertz CT molecular complexity index is 382. The van der Waals surface area contributed by atoms with E-state index in [4.69, 9.17) is 4.98 Å². The first kappa shape index (κ1) is 14.3. The van der Waals surface area contributed by atoms with Gasteiger partial charge in [0, 0.05) is 25.3 Å². The van der Waals surface area contributed by atoms with Crippen LogP contribution in [0.4, 0.5) is 5.82 Å². The zero-order valence-corrected chi connectivity index (χ0v) is 12.4. The van der Waals surface area contributed by atoms with Gasteiger partial charge in [0.05, 0.1) is 0 Å². The van der Waals surface area contributed by atoms with Gasteiger partial charge in [0.1, 0.15) is 5.82 Å². The Morgan fingerprint density at radius 3 is 2.42 bits per heavy atom. The van der Waals surface area contributed by atoms with Crippen molar-refractivity contribution in [1.82, 2.24) is 10.3 Å². The van der Waals surface area contributed by atoms with Gasteiger partial charge < -0.3 is 10.2 Å². The van der Waals surface area contributed by atoms with E-state index < -0.39 is 0 Å². The molecule has 1 aromatic rings. The number of hydrogen-bond acceptors (Lipinski definition) is 3. The fourth-order valence-electron chi connectivity index (χ4n) is 2.76. The quantitative estimate of drug-likeness (QED) is 0.902. The summed E-state index contributed by atoms with van der Waals surface area (Å²) >= 11 is 0. The zero-order valence-electron chi connectivity index (χ0n) is 12.4. The summed E-state index contributed by atoms with van der Waals surface area (Å²) in [6, 6.07) is 4.49. The standard InChI is InChI=1S/C16H27N3/c1-3-15-11-14(13-17-2)12-16(18-15)19-9-7-5-4-6-8-10-19/h11-12,17H,3-10,13H2,1-2H3. The van der Waals surface area contributed by atoms with E-state index in [-0.39, 0.29) is 0 Å². The lowest BCUT2D eigenvalue weighted by Crippen LogP contribution is -2.28. The maximum atomic E-state index is 4.83. The van der Waals surface area contributed by atoms with Gasteiger partial charge in [-0.05, 0) is 44.0 Å². The van der Waals surface area contributed by atoms with Gasteiger partial charge in [-0.25, -0.2) is 4.98 Å². The van der Waals surface area contributed by atoms with Crippen molar-refractivity contribution in [3.8, 4) is 0 Å². The molecule has 0 atom stereocenters. The number of aromatic nitrogens is 1. The van der Waals surface area contributed by atoms with Gasteiger partial charge in [-0.3, -0.25) is 0 Å². The van der Waals surface area contributed by atoms with Crippen LogP contribution in [-0.2, 0) is 13.0 Å². The largest absolute Gasteiger partial charge is 0.357 e. The minimum absolute atomic E-state index is 0.927. The fraction of sp³-hybridized carbons (Fsp3) is 0.688. The summed E-state index contributed by atoms with van der Waals surface area (Å²) < 4.78 is 0. The number of nitrogens with one attached hydrogen (secondary N) is 1. The van der Waals surface area contributed by atoms with E-state index >= 15 is 0 Å². The van der Waals surface area contributed by atoms with Gasteiger partial charge in [-0.2, -0.15) is 0 Å². The third-order valence-corrected chi connectivity index (χ3v) is 3.85. The highest BCUT2D eigenvalue weighted by Gasteiger charge is 2.12. The van der Waals surface area contributed by atoms with Gasteiger partial charge in [-0.1, -0.05) is 26.2 Å². The zero-order chi connectivity index (χ0) is 13.5. The van der Waals surface area contributed by atoms with Crippen LogP contribution in [0.25, 0.3) is 0 Å². The van der Waals surface area contributed by atoms with Gasteiger partial charge >= 0.3 is 0 Å². The van der Waals surface area contributed by atoms with Crippen LogP contribution in [0.15, 0.2) is 12.1 Å². The Morgan fingerprint density at radius 1 is 1.11 bits per heavy atom. The SMILES string of the molecule is CCc1cc(CNC)cc(N2CCCCCCC2)n1. The molecule has 1 aliphatic rings. The highest BCUT2D eigenvalue weighted by molar-refractivity contribution is 5.43. The molecule has 1 aromatic heterocycles. The number of aryl methyl sites for hydroxylation is 1. The summed E-state index contributed by atoms with van der Waals surface area (Å²) in [4.78, 5) is 7.31. The monoisotopic (exact) mass is 261 g/mol. The second-order valence-corrected chi connectivity index (χ2v) is 5.46. The molecule has 2 heterocycles. The van der Waals surface area contributed by atoms with Crippen LogP contribution < -0.4 is 10.2 Å². The van der Waals surface area contributed by atoms with E-state index in [1.165, 1.54) is 62.3 Å². The van der Waals surface area contributed by atoms with Crippen molar-refractivity contribution < 1.29 is 0 Å². The topological polar surface area (TPSA) is 28.2 Å². The maximum absolute atomic E-state index is 4.83. The number of anilines is 1. The molecule has 0 radical (unpaired) electrons. The number of nitrogens with zero attached hydrogens (tertiary/aromatic N) is 2. The molecule has 106 valence electrons. The molecule has 0 aromatic carbocycles. The minimum atomic E-state index is 0.927. The molecule has 0 unspecified atom stereocenters. The number of pyridine rings is 1. The van der Waals surface area contributed by atoms with Crippen LogP contribution in [0, 0.1) is 0 Å². The van der Waals surface area contributed by atoms with Crippen molar-refractivity contribution in [2.45, 2.75) is 52.0 Å². The first-order valence-electron chi connectivity index (χ1n) is 7.73. The average Bonchev–Trinajstić information content (AvgIpc) is 2.38. The third-order valence-electron chi connectivity index (χ3n) is 3.85. The van der Waals surface area contributed by atoms with Gasteiger partial charge in [0.2, 0.25) is 0 Å². The molecule has 2 rings (SSSR count). The average molecular weight is 261 g/mol. The molecule has 3 nitrogen and oxygen atoms in total. The van der Waals surface area contributed by atoms with Crippen LogP contribution in [-0.4, -0.2) is 25.1 Å². The molecule has 0 bridgehead atoms. The molecule has 19 heavy (non-hydrogen) atoms. The molecule has 0 spiro atoms. The van der Waals surface area contributed by atoms with Crippen LogP contribution in [0.2, 0.25) is 0 Å². The summed E-state index contributed by atoms with van der Waals surface area (Å²) in [5.74, 6) is 1.19. The lowest BCUT2D eigenvalue weighted by atomic mass is 10.1. The first-order chi connectivity index (χ1) is 9.33. The van der Waals surface area contributed by atoms with Crippen molar-refractivity contribution in [3.05, 3.63) is 23.4 Å². The highest BCUT2D eigenvalue weighted by Crippen LogP contribution is 2.20. The minimum Gasteiger partial charge on any atom is -0.357 e. The van der Waals surface area contributed by atoms with Crippen LogP contribution >= 0.6 is 0 Å². The third kappa shape index (κ3) is 4.20. The predicted molar refractivity (Wildman–Crippen MR) is 81.7 cm³/mol. The van der Waals surface area contributed by atoms with Gasteiger partial charge in [0.15, 0.2) is 0 Å². The van der Waals surface area contributed by atoms with Crippen molar-refractivity contribution in [1.29, 1.82) is 0 Å². The van der Waals surface area contributed by atoms with E-state index in [0.717, 1.165) is 13.0 Å². The van der Waals surface area contributed by atoms with Gasteiger partial charge in [0.25, 0.3) is 0 Å². The summed E-state index contributed by atoms with van der Waals surface area (Å²) in [7, 11) is 2.00. The first-order valence-corrected chi connectivity index (χ1v) is 7.73. The molecule has 3 heteroatoms. The number of rotatable bonds is 4. The lowest BCUT2D eigenvalue weighted by molar-refractivity contribution is 0.553. The van der Waals surface area contributed by atoms with Crippen molar-refractivity contribution in [2.24, 2.45) is 0 Å². The lowest BCUT2D eigenvalue weighted by Gasteiger charge is -2.26. The number of hydrogen-bond donors (Lipinski definition) is 1. The Balaban J connectivity index is 2.17. The van der Waals surface area contributed by atoms with E-state index in [1.54, 1.807) is 0 Å². The van der Waals surface area contributed by atoms with E-state index in [1.807, 2.05) is 7.05 Å². The van der Waals surface area contributed by atoms with Crippen molar-refractivity contribution in [3.63, 3.8) is 0 Å². The summed E-state index contributed by atoms with van der Waals surface area (Å²) in [6.45, 7) is 5.44. The normalized spacial score (nSPS) is 17.1. The van der Waals surface area contributed by atoms with E-state index in [2.05, 4.69) is 29.3 Å². The Morgan fingerprint density at radius 2 is 1.79 bits per heavy atom. The molecule has 0 amide bonds. The molecule has 1 aliphatic heterocycles. The molecule has 0 saturated carbocycles. The van der Waals surface area contributed by atoms with E-state index in [9.17, 15) is 0 Å². The second-order valence-electron chi connectivity index (χ2n) is 5.46. The van der Waals surface area contributed by atoms with Crippen LogP contribution in [0.5, 0.6) is 0 Å². The molecule has 1 N–H and O–H groups in total. The molecular weight excluding hydrogens is 234 g/mol. The molecule has 1 saturated heterocycles. The van der Waals surface area contributed by atoms with Crippen LogP contribution in [0.3, 0.4) is 0 Å². The Hall–Kier alpha value is -1.09. The van der Waals surface area contributed by atoms with Crippen molar-refractivity contribution in [2.75, 3.05) is 25.0 Å².